The fourth-order valence-corrected chi connectivity index (χ4v) is 0.630. The molecule has 0 spiro atoms. The Morgan fingerprint density at radius 2 is 1.80 bits per heavy atom. The molecule has 0 heterocycles. The fraction of sp³-hybridized carbons (Fsp3) is 0.857. The van der Waals surface area contributed by atoms with Gasteiger partial charge in [0.15, 0.2) is 0 Å². The number of hydrogen-bond donors (Lipinski definition) is 2. The first kappa shape index (κ1) is 12.3. The molecule has 0 aliphatic heterocycles. The van der Waals surface area contributed by atoms with Gasteiger partial charge in [-0.1, -0.05) is 26.2 Å². The molecule has 3 nitrogen and oxygen atoms in total. The van der Waals surface area contributed by atoms with Gasteiger partial charge in [-0.2, -0.15) is 0 Å². The summed E-state index contributed by atoms with van der Waals surface area (Å²) in [6, 6.07) is 0. The van der Waals surface area contributed by atoms with Crippen molar-refractivity contribution in [3.05, 3.63) is 0 Å². The smallest absolute Gasteiger partial charge is 0.106 e. The van der Waals surface area contributed by atoms with Crippen LogP contribution in [0.25, 0.3) is 0 Å². The molecule has 0 bridgehead atoms. The molecule has 0 unspecified atom stereocenters. The molecule has 62 valence electrons. The van der Waals surface area contributed by atoms with Crippen LogP contribution in [0.15, 0.2) is 0 Å². The highest BCUT2D eigenvalue weighted by molar-refractivity contribution is 5.10. The third kappa shape index (κ3) is 15.6. The number of rotatable bonds is 4. The van der Waals surface area contributed by atoms with Crippen LogP contribution in [0.3, 0.4) is 0 Å². The molecule has 4 N–H and O–H groups in total. The Bertz CT molecular complexity index is 57.6. The average Bonchev–Trinajstić information content (AvgIpc) is 1.92. The molecule has 0 saturated carbocycles. The largest absolute Gasteiger partial charge is 0.316 e. The van der Waals surface area contributed by atoms with Gasteiger partial charge in [0.25, 0.3) is 0 Å². The van der Waals surface area contributed by atoms with E-state index >= 15 is 0 Å². The lowest BCUT2D eigenvalue weighted by Gasteiger charge is -2.01. The second-order valence-corrected chi connectivity index (χ2v) is 2.16. The Morgan fingerprint density at radius 1 is 1.30 bits per heavy atom. The van der Waals surface area contributed by atoms with E-state index in [-0.39, 0.29) is 6.17 Å². The number of nitrogens with two attached hydrogens (primary N) is 2. The summed E-state index contributed by atoms with van der Waals surface area (Å²) < 4.78 is 0. The summed E-state index contributed by atoms with van der Waals surface area (Å²) >= 11 is 0. The van der Waals surface area contributed by atoms with Crippen molar-refractivity contribution < 1.29 is 4.79 Å². The quantitative estimate of drug-likeness (QED) is 0.451. The highest BCUT2D eigenvalue weighted by Crippen LogP contribution is 1.97. The fourth-order valence-electron chi connectivity index (χ4n) is 0.630. The van der Waals surface area contributed by atoms with Gasteiger partial charge in [-0.15, -0.1) is 0 Å². The highest BCUT2D eigenvalue weighted by Gasteiger charge is 1.90. The average molecular weight is 146 g/mol. The second-order valence-electron chi connectivity index (χ2n) is 2.16. The highest BCUT2D eigenvalue weighted by atomic mass is 16.1. The Labute approximate surface area is 62.8 Å². The Morgan fingerprint density at radius 3 is 2.10 bits per heavy atom. The molecule has 10 heavy (non-hydrogen) atoms. The maximum absolute atomic E-state index is 8.00. The summed E-state index contributed by atoms with van der Waals surface area (Å²) in [6.45, 7) is 4.17. The van der Waals surface area contributed by atoms with Gasteiger partial charge in [0.1, 0.15) is 6.79 Å². The predicted molar refractivity (Wildman–Crippen MR) is 43.4 cm³/mol. The van der Waals surface area contributed by atoms with Crippen molar-refractivity contribution >= 4 is 6.79 Å². The van der Waals surface area contributed by atoms with E-state index < -0.39 is 0 Å². The van der Waals surface area contributed by atoms with Crippen molar-refractivity contribution in [2.75, 3.05) is 0 Å². The number of carbonyl (C=O) groups is 1. The van der Waals surface area contributed by atoms with Crippen LogP contribution in [-0.2, 0) is 4.79 Å². The summed E-state index contributed by atoms with van der Waals surface area (Å²) in [4.78, 5) is 8.00. The summed E-state index contributed by atoms with van der Waals surface area (Å²) in [5.74, 6) is 0. The molecular weight excluding hydrogens is 128 g/mol. The summed E-state index contributed by atoms with van der Waals surface area (Å²) in [7, 11) is 0. The van der Waals surface area contributed by atoms with Crippen molar-refractivity contribution in [2.45, 2.75) is 38.8 Å². The van der Waals surface area contributed by atoms with Crippen LogP contribution in [0, 0.1) is 0 Å². The molecule has 0 amide bonds. The summed E-state index contributed by atoms with van der Waals surface area (Å²) in [5.41, 5.74) is 10.6. The van der Waals surface area contributed by atoms with Crippen molar-refractivity contribution in [1.82, 2.24) is 0 Å². The van der Waals surface area contributed by atoms with Crippen LogP contribution >= 0.6 is 0 Å². The molecule has 0 saturated heterocycles. The van der Waals surface area contributed by atoms with E-state index in [0.29, 0.717) is 0 Å². The zero-order chi connectivity index (χ0) is 8.41. The van der Waals surface area contributed by atoms with Gasteiger partial charge < -0.3 is 16.3 Å². The molecule has 0 aliphatic carbocycles. The second kappa shape index (κ2) is 11.4. The minimum atomic E-state index is -0.0958. The van der Waals surface area contributed by atoms with Gasteiger partial charge in [0.05, 0.1) is 6.17 Å². The van der Waals surface area contributed by atoms with Gasteiger partial charge in [-0.05, 0) is 6.42 Å². The van der Waals surface area contributed by atoms with E-state index in [2.05, 4.69) is 6.92 Å². The molecule has 0 atom stereocenters. The van der Waals surface area contributed by atoms with E-state index in [1.807, 2.05) is 6.79 Å². The summed E-state index contributed by atoms with van der Waals surface area (Å²) in [5, 5.41) is 0. The van der Waals surface area contributed by atoms with Crippen molar-refractivity contribution in [3.8, 4) is 0 Å². The third-order valence-electron chi connectivity index (χ3n) is 1.14. The first-order chi connectivity index (χ1) is 4.77. The lowest BCUT2D eigenvalue weighted by Crippen LogP contribution is -2.29. The lowest BCUT2D eigenvalue weighted by atomic mass is 10.2. The molecule has 0 radical (unpaired) electrons. The number of unbranched alkanes of at least 4 members (excludes halogenated alkanes) is 2. The van der Waals surface area contributed by atoms with Crippen LogP contribution in [0.4, 0.5) is 0 Å². The Balaban J connectivity index is 0. The standard InChI is InChI=1S/C6H16N2.CH2O/c1-2-3-4-5-6(7)8;1-2/h6H,2-5,7-8H2,1H3;1H2. The van der Waals surface area contributed by atoms with Crippen LogP contribution in [0.2, 0.25) is 0 Å². The molecule has 0 fully saturated rings. The lowest BCUT2D eigenvalue weighted by molar-refractivity contribution is -0.0979. The van der Waals surface area contributed by atoms with E-state index in [0.717, 1.165) is 6.42 Å². The van der Waals surface area contributed by atoms with Crippen LogP contribution in [0.5, 0.6) is 0 Å². The van der Waals surface area contributed by atoms with Gasteiger partial charge in [0, 0.05) is 0 Å². The summed E-state index contributed by atoms with van der Waals surface area (Å²) in [6.07, 6.45) is 4.54. The van der Waals surface area contributed by atoms with E-state index in [4.69, 9.17) is 16.3 Å². The zero-order valence-electron chi connectivity index (χ0n) is 6.68. The molecule has 0 aliphatic rings. The van der Waals surface area contributed by atoms with Crippen molar-refractivity contribution in [1.29, 1.82) is 0 Å². The van der Waals surface area contributed by atoms with Crippen LogP contribution < -0.4 is 11.5 Å². The molecular formula is C7H18N2O. The van der Waals surface area contributed by atoms with Crippen LogP contribution in [0.1, 0.15) is 32.6 Å². The molecule has 0 aromatic heterocycles. The maximum Gasteiger partial charge on any atom is 0.106 e. The van der Waals surface area contributed by atoms with Gasteiger partial charge >= 0.3 is 0 Å². The maximum atomic E-state index is 8.00. The molecule has 0 aromatic carbocycles. The van der Waals surface area contributed by atoms with Gasteiger partial charge in [0.2, 0.25) is 0 Å². The SMILES string of the molecule is C=O.CCCCCC(N)N. The Hall–Kier alpha value is -0.410. The van der Waals surface area contributed by atoms with Crippen LogP contribution in [-0.4, -0.2) is 13.0 Å². The van der Waals surface area contributed by atoms with Gasteiger partial charge in [-0.3, -0.25) is 0 Å². The minimum Gasteiger partial charge on any atom is -0.316 e. The number of carbonyl (C=O) groups excluding carboxylic acids is 1. The van der Waals surface area contributed by atoms with E-state index in [1.165, 1.54) is 19.3 Å². The zero-order valence-corrected chi connectivity index (χ0v) is 6.68. The Kier molecular flexibility index (Phi) is 14.0. The monoisotopic (exact) mass is 146 g/mol. The number of hydrogen-bond acceptors (Lipinski definition) is 3. The minimum absolute atomic E-state index is 0.0958. The van der Waals surface area contributed by atoms with Crippen molar-refractivity contribution in [3.63, 3.8) is 0 Å². The molecule has 3 heteroatoms. The van der Waals surface area contributed by atoms with E-state index in [9.17, 15) is 0 Å². The normalized spacial score (nSPS) is 8.80. The third-order valence-corrected chi connectivity index (χ3v) is 1.14. The topological polar surface area (TPSA) is 69.1 Å². The van der Waals surface area contributed by atoms with E-state index in [1.54, 1.807) is 0 Å². The first-order valence-electron chi connectivity index (χ1n) is 3.57. The predicted octanol–water partition coefficient (Wildman–Crippen LogP) is 0.625. The first-order valence-corrected chi connectivity index (χ1v) is 3.57. The molecule has 0 aromatic rings. The molecule has 0 rings (SSSR count). The van der Waals surface area contributed by atoms with Crippen molar-refractivity contribution in [2.24, 2.45) is 11.5 Å². The van der Waals surface area contributed by atoms with Gasteiger partial charge in [-0.25, -0.2) is 0 Å².